The van der Waals surface area contributed by atoms with Gasteiger partial charge in [-0.25, -0.2) is 10.1 Å². The molecule has 0 radical (unpaired) electrons. The summed E-state index contributed by atoms with van der Waals surface area (Å²) in [6.45, 7) is 1.32. The number of anilines is 2. The van der Waals surface area contributed by atoms with Crippen LogP contribution in [0.3, 0.4) is 0 Å². The number of amides is 3. The Morgan fingerprint density at radius 1 is 1.00 bits per heavy atom. The molecule has 0 fully saturated rings. The van der Waals surface area contributed by atoms with Gasteiger partial charge in [0.25, 0.3) is 0 Å². The Morgan fingerprint density at radius 2 is 1.44 bits per heavy atom. The number of carbonyl (C=O) groups excluding carboxylic acids is 2. The molecule has 0 bridgehead atoms. The van der Waals surface area contributed by atoms with Crippen LogP contribution < -0.4 is 16.0 Å². The molecule has 3 amide bonds. The van der Waals surface area contributed by atoms with Crippen molar-refractivity contribution in [2.45, 2.75) is 13.2 Å². The highest BCUT2D eigenvalue weighted by Crippen LogP contribution is 2.14. The maximum absolute atomic E-state index is 11.8. The Kier molecular flexibility index (Phi) is 4.13. The lowest BCUT2D eigenvalue weighted by Crippen LogP contribution is -2.40. The van der Waals surface area contributed by atoms with E-state index in [2.05, 4.69) is 5.32 Å². The summed E-state index contributed by atoms with van der Waals surface area (Å²) in [5.41, 5.74) is 0.648. The van der Waals surface area contributed by atoms with E-state index >= 15 is 0 Å². The predicted octanol–water partition coefficient (Wildman–Crippen LogP) is 2.29. The van der Waals surface area contributed by atoms with Crippen molar-refractivity contribution in [2.24, 2.45) is 0 Å². The van der Waals surface area contributed by atoms with Crippen LogP contribution in [0.15, 0.2) is 24.3 Å². The van der Waals surface area contributed by atoms with Crippen molar-refractivity contribution in [3.63, 3.8) is 0 Å². The van der Waals surface area contributed by atoms with E-state index < -0.39 is 12.3 Å². The number of hydrogen-bond acceptors (Lipinski definition) is 2. The summed E-state index contributed by atoms with van der Waals surface area (Å²) in [6, 6.07) is 4.24. The second kappa shape index (κ2) is 5.39. The first kappa shape index (κ1) is 13.8. The molecule has 0 unspecified atom stereocenters. The molecule has 0 aromatic heterocycles. The SMILES string of the molecule is CC(=O)Nc1ccc(NC(=O)NC(F)(F)F)cc1. The maximum atomic E-state index is 11.8. The maximum Gasteiger partial charge on any atom is 0.485 e. The molecule has 0 aliphatic carbocycles. The molecule has 5 nitrogen and oxygen atoms in total. The molecular formula is C10H10F3N3O2. The van der Waals surface area contributed by atoms with Gasteiger partial charge in [0.1, 0.15) is 0 Å². The van der Waals surface area contributed by atoms with Gasteiger partial charge in [-0.1, -0.05) is 0 Å². The van der Waals surface area contributed by atoms with Gasteiger partial charge in [0, 0.05) is 18.3 Å². The van der Waals surface area contributed by atoms with Crippen molar-refractivity contribution in [2.75, 3.05) is 10.6 Å². The van der Waals surface area contributed by atoms with Crippen molar-refractivity contribution < 1.29 is 22.8 Å². The molecule has 0 saturated carbocycles. The van der Waals surface area contributed by atoms with Crippen molar-refractivity contribution in [1.82, 2.24) is 5.32 Å². The van der Waals surface area contributed by atoms with Gasteiger partial charge < -0.3 is 10.6 Å². The van der Waals surface area contributed by atoms with Gasteiger partial charge in [-0.05, 0) is 24.3 Å². The van der Waals surface area contributed by atoms with Gasteiger partial charge in [0.05, 0.1) is 0 Å². The van der Waals surface area contributed by atoms with Gasteiger partial charge in [0.15, 0.2) is 0 Å². The highest BCUT2D eigenvalue weighted by atomic mass is 19.4. The fraction of sp³-hybridized carbons (Fsp3) is 0.200. The van der Waals surface area contributed by atoms with Crippen molar-refractivity contribution >= 4 is 23.3 Å². The Labute approximate surface area is 100 Å². The molecule has 3 N–H and O–H groups in total. The molecule has 0 atom stereocenters. The number of carbonyl (C=O) groups is 2. The van der Waals surface area contributed by atoms with Gasteiger partial charge in [-0.3, -0.25) is 4.79 Å². The third kappa shape index (κ3) is 5.19. The van der Waals surface area contributed by atoms with Crippen LogP contribution in [0.2, 0.25) is 0 Å². The zero-order valence-corrected chi connectivity index (χ0v) is 9.26. The van der Waals surface area contributed by atoms with Crippen LogP contribution in [-0.2, 0) is 4.79 Å². The fourth-order valence-corrected chi connectivity index (χ4v) is 1.13. The lowest BCUT2D eigenvalue weighted by atomic mass is 10.3. The molecule has 1 rings (SSSR count). The molecule has 1 aromatic rings. The summed E-state index contributed by atoms with van der Waals surface area (Å²) in [7, 11) is 0. The topological polar surface area (TPSA) is 70.2 Å². The highest BCUT2D eigenvalue weighted by Gasteiger charge is 2.29. The Hall–Kier alpha value is -2.25. The molecule has 18 heavy (non-hydrogen) atoms. The van der Waals surface area contributed by atoms with Crippen LogP contribution in [0.5, 0.6) is 0 Å². The van der Waals surface area contributed by atoms with E-state index in [1.54, 1.807) is 0 Å². The summed E-state index contributed by atoms with van der Waals surface area (Å²) < 4.78 is 35.4. The molecule has 0 saturated heterocycles. The fourth-order valence-electron chi connectivity index (χ4n) is 1.13. The van der Waals surface area contributed by atoms with Crippen molar-refractivity contribution in [1.29, 1.82) is 0 Å². The summed E-state index contributed by atoms with van der Waals surface area (Å²) in [4.78, 5) is 21.6. The number of nitrogens with one attached hydrogen (secondary N) is 3. The normalized spacial score (nSPS) is 10.7. The second-order valence-corrected chi connectivity index (χ2v) is 3.34. The Morgan fingerprint density at radius 3 is 1.83 bits per heavy atom. The van der Waals surface area contributed by atoms with Crippen LogP contribution in [0, 0.1) is 0 Å². The van der Waals surface area contributed by atoms with E-state index in [1.165, 1.54) is 31.2 Å². The van der Waals surface area contributed by atoms with Crippen LogP contribution in [-0.4, -0.2) is 18.2 Å². The lowest BCUT2D eigenvalue weighted by Gasteiger charge is -2.10. The summed E-state index contributed by atoms with van der Waals surface area (Å²) in [6.07, 6.45) is -4.78. The minimum Gasteiger partial charge on any atom is -0.326 e. The van der Waals surface area contributed by atoms with Gasteiger partial charge >= 0.3 is 12.3 Å². The van der Waals surface area contributed by atoms with E-state index in [0.717, 1.165) is 5.32 Å². The lowest BCUT2D eigenvalue weighted by molar-refractivity contribution is -0.144. The van der Waals surface area contributed by atoms with Crippen LogP contribution >= 0.6 is 0 Å². The molecule has 0 heterocycles. The number of halogens is 3. The minimum absolute atomic E-state index is 0.172. The average molecular weight is 261 g/mol. The first-order valence-corrected chi connectivity index (χ1v) is 4.80. The van der Waals surface area contributed by atoms with Crippen molar-refractivity contribution in [3.05, 3.63) is 24.3 Å². The number of hydrogen-bond donors (Lipinski definition) is 3. The molecular weight excluding hydrogens is 251 g/mol. The van der Waals surface area contributed by atoms with E-state index in [-0.39, 0.29) is 11.6 Å². The number of rotatable bonds is 2. The van der Waals surface area contributed by atoms with Gasteiger partial charge in [-0.15, -0.1) is 0 Å². The molecule has 98 valence electrons. The number of benzene rings is 1. The van der Waals surface area contributed by atoms with Gasteiger partial charge in [0.2, 0.25) is 5.91 Å². The third-order valence-corrected chi connectivity index (χ3v) is 1.72. The smallest absolute Gasteiger partial charge is 0.326 e. The van der Waals surface area contributed by atoms with E-state index in [9.17, 15) is 22.8 Å². The quantitative estimate of drug-likeness (QED) is 0.715. The predicted molar refractivity (Wildman–Crippen MR) is 59.0 cm³/mol. The standard InChI is InChI=1S/C10H10F3N3O2/c1-6(17)14-7-2-4-8(5-3-7)15-9(18)16-10(11,12)13/h2-5H,1H3,(H,14,17)(H2,15,16,18). The first-order valence-electron chi connectivity index (χ1n) is 4.80. The number of alkyl halides is 3. The molecule has 0 aliphatic heterocycles. The van der Waals surface area contributed by atoms with E-state index in [0.29, 0.717) is 5.69 Å². The van der Waals surface area contributed by atoms with Crippen LogP contribution in [0.1, 0.15) is 6.92 Å². The Balaban J connectivity index is 2.58. The highest BCUT2D eigenvalue weighted by molar-refractivity contribution is 5.91. The second-order valence-electron chi connectivity index (χ2n) is 3.34. The third-order valence-electron chi connectivity index (χ3n) is 1.72. The van der Waals surface area contributed by atoms with Crippen LogP contribution in [0.4, 0.5) is 29.3 Å². The molecule has 0 aliphatic rings. The van der Waals surface area contributed by atoms with Crippen LogP contribution in [0.25, 0.3) is 0 Å². The molecule has 8 heteroatoms. The Bertz CT molecular complexity index is 443. The zero-order chi connectivity index (χ0) is 13.8. The first-order chi connectivity index (χ1) is 8.26. The molecule has 1 aromatic carbocycles. The molecule has 0 spiro atoms. The minimum atomic E-state index is -4.78. The van der Waals surface area contributed by atoms with Crippen molar-refractivity contribution in [3.8, 4) is 0 Å². The van der Waals surface area contributed by atoms with E-state index in [1.807, 2.05) is 5.32 Å². The largest absolute Gasteiger partial charge is 0.485 e. The average Bonchev–Trinajstić information content (AvgIpc) is 2.17. The summed E-state index contributed by atoms with van der Waals surface area (Å²) >= 11 is 0. The van der Waals surface area contributed by atoms with E-state index in [4.69, 9.17) is 0 Å². The van der Waals surface area contributed by atoms with Gasteiger partial charge in [-0.2, -0.15) is 13.2 Å². The number of urea groups is 1. The summed E-state index contributed by atoms with van der Waals surface area (Å²) in [5, 5.41) is 5.27. The zero-order valence-electron chi connectivity index (χ0n) is 9.26. The summed E-state index contributed by atoms with van der Waals surface area (Å²) in [5.74, 6) is -0.273. The monoisotopic (exact) mass is 261 g/mol.